The molecule has 2 heterocycles. The fourth-order valence-corrected chi connectivity index (χ4v) is 4.90. The van der Waals surface area contributed by atoms with Crippen LogP contribution in [0.3, 0.4) is 0 Å². The van der Waals surface area contributed by atoms with Crippen LogP contribution in [0.25, 0.3) is 0 Å². The lowest BCUT2D eigenvalue weighted by molar-refractivity contribution is 0.0621. The summed E-state index contributed by atoms with van der Waals surface area (Å²) in [7, 11) is -2.28. The van der Waals surface area contributed by atoms with Gasteiger partial charge in [-0.2, -0.15) is 0 Å². The molecule has 1 aromatic carbocycles. The van der Waals surface area contributed by atoms with Crippen molar-refractivity contribution in [3.63, 3.8) is 0 Å². The second-order valence-corrected chi connectivity index (χ2v) is 8.76. The first-order valence-electron chi connectivity index (χ1n) is 8.77. The summed E-state index contributed by atoms with van der Waals surface area (Å²) in [6, 6.07) is 8.79. The lowest BCUT2D eigenvalue weighted by Gasteiger charge is -2.34. The van der Waals surface area contributed by atoms with E-state index in [1.165, 1.54) is 6.07 Å². The zero-order valence-corrected chi connectivity index (χ0v) is 17.2. The zero-order chi connectivity index (χ0) is 20.1. The number of carbonyl (C=O) groups is 1. The van der Waals surface area contributed by atoms with Crippen molar-refractivity contribution in [3.8, 4) is 11.5 Å². The SMILES string of the molecule is COc1ccc(OCCN2CCN(C(=O)c3sccc3S(N)(=O)=O)CC2)cc1. The molecule has 0 atom stereocenters. The van der Waals surface area contributed by atoms with Crippen LogP contribution in [-0.4, -0.2) is 70.6 Å². The molecule has 28 heavy (non-hydrogen) atoms. The molecular formula is C18H23N3O5S2. The Morgan fingerprint density at radius 3 is 2.36 bits per heavy atom. The second kappa shape index (κ2) is 8.91. The monoisotopic (exact) mass is 425 g/mol. The summed E-state index contributed by atoms with van der Waals surface area (Å²) < 4.78 is 34.1. The number of primary sulfonamides is 1. The summed E-state index contributed by atoms with van der Waals surface area (Å²) in [6.07, 6.45) is 0. The molecule has 2 aromatic rings. The van der Waals surface area contributed by atoms with Gasteiger partial charge in [-0.1, -0.05) is 0 Å². The molecule has 0 radical (unpaired) electrons. The van der Waals surface area contributed by atoms with Gasteiger partial charge in [-0.3, -0.25) is 9.69 Å². The second-order valence-electron chi connectivity index (χ2n) is 6.32. The highest BCUT2D eigenvalue weighted by Gasteiger charge is 2.27. The molecule has 1 aliphatic rings. The van der Waals surface area contributed by atoms with Crippen LogP contribution in [0.1, 0.15) is 9.67 Å². The molecule has 0 saturated carbocycles. The van der Waals surface area contributed by atoms with Crippen LogP contribution in [0, 0.1) is 0 Å². The molecule has 0 spiro atoms. The molecule has 0 bridgehead atoms. The normalized spacial score (nSPS) is 15.4. The van der Waals surface area contributed by atoms with Crippen LogP contribution >= 0.6 is 11.3 Å². The molecule has 1 aromatic heterocycles. The Bertz CT molecular complexity index is 904. The number of nitrogens with zero attached hydrogens (tertiary/aromatic N) is 2. The van der Waals surface area contributed by atoms with E-state index in [9.17, 15) is 13.2 Å². The summed E-state index contributed by atoms with van der Waals surface area (Å²) in [4.78, 5) is 16.6. The van der Waals surface area contributed by atoms with E-state index in [4.69, 9.17) is 14.6 Å². The number of benzene rings is 1. The number of amides is 1. The highest BCUT2D eigenvalue weighted by molar-refractivity contribution is 7.89. The van der Waals surface area contributed by atoms with Crippen molar-refractivity contribution in [2.45, 2.75) is 4.90 Å². The summed E-state index contributed by atoms with van der Waals surface area (Å²) in [5.74, 6) is 1.28. The number of rotatable bonds is 7. The zero-order valence-electron chi connectivity index (χ0n) is 15.5. The summed E-state index contributed by atoms with van der Waals surface area (Å²) in [5, 5.41) is 6.76. The van der Waals surface area contributed by atoms with E-state index >= 15 is 0 Å². The molecule has 0 unspecified atom stereocenters. The fraction of sp³-hybridized carbons (Fsp3) is 0.389. The predicted molar refractivity (Wildman–Crippen MR) is 107 cm³/mol. The highest BCUT2D eigenvalue weighted by Crippen LogP contribution is 2.23. The molecule has 152 valence electrons. The number of carbonyl (C=O) groups excluding carboxylic acids is 1. The molecule has 2 N–H and O–H groups in total. The van der Waals surface area contributed by atoms with Gasteiger partial charge in [-0.15, -0.1) is 11.3 Å². The smallest absolute Gasteiger partial charge is 0.265 e. The third kappa shape index (κ3) is 5.02. The molecule has 10 heteroatoms. The topological polar surface area (TPSA) is 102 Å². The van der Waals surface area contributed by atoms with Gasteiger partial charge in [-0.05, 0) is 35.7 Å². The van der Waals surface area contributed by atoms with Gasteiger partial charge in [-0.25, -0.2) is 13.6 Å². The number of hydrogen-bond acceptors (Lipinski definition) is 7. The summed E-state index contributed by atoms with van der Waals surface area (Å²) in [6.45, 7) is 3.75. The Kier molecular flexibility index (Phi) is 6.55. The molecule has 1 fully saturated rings. The van der Waals surface area contributed by atoms with E-state index in [0.29, 0.717) is 32.8 Å². The molecule has 1 aliphatic heterocycles. The van der Waals surface area contributed by atoms with Crippen molar-refractivity contribution >= 4 is 27.3 Å². The van der Waals surface area contributed by atoms with Crippen molar-refractivity contribution in [2.75, 3.05) is 46.4 Å². The quantitative estimate of drug-likeness (QED) is 0.716. The van der Waals surface area contributed by atoms with Crippen LogP contribution < -0.4 is 14.6 Å². The maximum atomic E-state index is 12.6. The molecule has 1 saturated heterocycles. The molecule has 8 nitrogen and oxygen atoms in total. The standard InChI is InChI=1S/C18H23N3O5S2/c1-25-14-2-4-15(5-3-14)26-12-11-20-7-9-21(10-8-20)18(22)17-16(6-13-27-17)28(19,23)24/h2-6,13H,7-12H2,1H3,(H2,19,23,24). The van der Waals surface area contributed by atoms with Crippen molar-refractivity contribution in [2.24, 2.45) is 5.14 Å². The molecule has 1 amide bonds. The first-order chi connectivity index (χ1) is 13.4. The molecular weight excluding hydrogens is 402 g/mol. The third-order valence-corrected chi connectivity index (χ3v) is 6.51. The van der Waals surface area contributed by atoms with Crippen molar-refractivity contribution < 1.29 is 22.7 Å². The van der Waals surface area contributed by atoms with Crippen molar-refractivity contribution in [3.05, 3.63) is 40.6 Å². The van der Waals surface area contributed by atoms with Crippen LogP contribution in [-0.2, 0) is 10.0 Å². The maximum absolute atomic E-state index is 12.6. The number of sulfonamides is 1. The van der Waals surface area contributed by atoms with Gasteiger partial charge in [0, 0.05) is 32.7 Å². The summed E-state index contributed by atoms with van der Waals surface area (Å²) >= 11 is 1.10. The van der Waals surface area contributed by atoms with E-state index in [1.54, 1.807) is 17.4 Å². The maximum Gasteiger partial charge on any atom is 0.265 e. The first-order valence-corrected chi connectivity index (χ1v) is 11.2. The number of hydrogen-bond donors (Lipinski definition) is 1. The molecule has 3 rings (SSSR count). The Morgan fingerprint density at radius 1 is 1.11 bits per heavy atom. The number of nitrogens with two attached hydrogens (primary N) is 1. The Balaban J connectivity index is 1.46. The predicted octanol–water partition coefficient (Wildman–Crippen LogP) is 1.24. The van der Waals surface area contributed by atoms with Gasteiger partial charge in [0.1, 0.15) is 27.9 Å². The van der Waals surface area contributed by atoms with Crippen LogP contribution in [0.4, 0.5) is 0 Å². The number of methoxy groups -OCH3 is 1. The van der Waals surface area contributed by atoms with E-state index in [-0.39, 0.29) is 15.7 Å². The minimum absolute atomic E-state index is 0.0992. The van der Waals surface area contributed by atoms with E-state index in [1.807, 2.05) is 24.3 Å². The number of ether oxygens (including phenoxy) is 2. The van der Waals surface area contributed by atoms with Gasteiger partial charge in [0.15, 0.2) is 0 Å². The minimum atomic E-state index is -3.90. The van der Waals surface area contributed by atoms with E-state index in [0.717, 1.165) is 29.4 Å². The van der Waals surface area contributed by atoms with E-state index < -0.39 is 10.0 Å². The van der Waals surface area contributed by atoms with Gasteiger partial charge < -0.3 is 14.4 Å². The lowest BCUT2D eigenvalue weighted by Crippen LogP contribution is -2.49. The first kappa shape index (κ1) is 20.6. The van der Waals surface area contributed by atoms with Gasteiger partial charge >= 0.3 is 0 Å². The Labute approximate surface area is 168 Å². The minimum Gasteiger partial charge on any atom is -0.497 e. The molecule has 0 aliphatic carbocycles. The van der Waals surface area contributed by atoms with Gasteiger partial charge in [0.25, 0.3) is 5.91 Å². The van der Waals surface area contributed by atoms with Crippen LogP contribution in [0.15, 0.2) is 40.6 Å². The summed E-state index contributed by atoms with van der Waals surface area (Å²) in [5.41, 5.74) is 0. The largest absolute Gasteiger partial charge is 0.497 e. The fourth-order valence-electron chi connectivity index (χ4n) is 2.96. The van der Waals surface area contributed by atoms with Crippen LogP contribution in [0.5, 0.6) is 11.5 Å². The lowest BCUT2D eigenvalue weighted by atomic mass is 10.3. The van der Waals surface area contributed by atoms with Crippen molar-refractivity contribution in [1.29, 1.82) is 0 Å². The average molecular weight is 426 g/mol. The highest BCUT2D eigenvalue weighted by atomic mass is 32.2. The van der Waals surface area contributed by atoms with E-state index in [2.05, 4.69) is 4.90 Å². The van der Waals surface area contributed by atoms with Crippen molar-refractivity contribution in [1.82, 2.24) is 9.80 Å². The Hall–Kier alpha value is -2.14. The van der Waals surface area contributed by atoms with Crippen LogP contribution in [0.2, 0.25) is 0 Å². The third-order valence-electron chi connectivity index (χ3n) is 4.53. The number of thiophene rings is 1. The Morgan fingerprint density at radius 2 is 1.75 bits per heavy atom. The van der Waals surface area contributed by atoms with Gasteiger partial charge in [0.05, 0.1) is 7.11 Å². The average Bonchev–Trinajstić information content (AvgIpc) is 3.19. The number of piperazine rings is 1. The van der Waals surface area contributed by atoms with Gasteiger partial charge in [0.2, 0.25) is 10.0 Å².